The summed E-state index contributed by atoms with van der Waals surface area (Å²) in [5, 5.41) is 8.92. The van der Waals surface area contributed by atoms with E-state index < -0.39 is 11.8 Å². The van der Waals surface area contributed by atoms with Gasteiger partial charge in [0.2, 0.25) is 0 Å². The number of rotatable bonds is 3. The Balaban J connectivity index is 2.12. The molecule has 5 heteroatoms. The second-order valence-electron chi connectivity index (χ2n) is 5.10. The summed E-state index contributed by atoms with van der Waals surface area (Å²) in [5.41, 5.74) is 0.669. The van der Waals surface area contributed by atoms with Gasteiger partial charge in [-0.3, -0.25) is 4.90 Å². The maximum absolute atomic E-state index is 13.4. The molecule has 1 aliphatic rings. The Morgan fingerprint density at radius 3 is 2.58 bits per heavy atom. The second kappa shape index (κ2) is 5.67. The Hall–Kier alpha value is -1.46. The molecule has 0 bridgehead atoms. The fourth-order valence-electron chi connectivity index (χ4n) is 2.54. The van der Waals surface area contributed by atoms with E-state index >= 15 is 0 Å². The average Bonchev–Trinajstić information content (AvgIpc) is 2.26. The first kappa shape index (κ1) is 14.0. The fourth-order valence-corrected chi connectivity index (χ4v) is 2.54. The van der Waals surface area contributed by atoms with Crippen LogP contribution in [0.4, 0.5) is 4.39 Å². The fraction of sp³-hybridized carbons (Fsp3) is 0.500. The number of aromatic carboxylic acids is 1. The van der Waals surface area contributed by atoms with E-state index in [1.165, 1.54) is 12.1 Å². The number of carboxylic acids is 1. The molecule has 0 aliphatic carbocycles. The van der Waals surface area contributed by atoms with Gasteiger partial charge in [-0.25, -0.2) is 9.18 Å². The topological polar surface area (TPSA) is 49.8 Å². The average molecular weight is 267 g/mol. The lowest BCUT2D eigenvalue weighted by atomic mass is 10.1. The lowest BCUT2D eigenvalue weighted by molar-refractivity contribution is -0.0705. The van der Waals surface area contributed by atoms with Gasteiger partial charge in [-0.05, 0) is 37.6 Å². The molecule has 1 aromatic rings. The molecule has 19 heavy (non-hydrogen) atoms. The Morgan fingerprint density at radius 1 is 1.37 bits per heavy atom. The molecule has 1 N–H and O–H groups in total. The van der Waals surface area contributed by atoms with Gasteiger partial charge in [0.05, 0.1) is 17.8 Å². The number of halogens is 1. The first-order chi connectivity index (χ1) is 8.94. The minimum absolute atomic E-state index is 0.00986. The van der Waals surface area contributed by atoms with Crippen molar-refractivity contribution in [3.05, 3.63) is 35.1 Å². The van der Waals surface area contributed by atoms with Gasteiger partial charge in [-0.1, -0.05) is 0 Å². The van der Waals surface area contributed by atoms with E-state index in [-0.39, 0.29) is 17.8 Å². The van der Waals surface area contributed by atoms with Crippen molar-refractivity contribution in [2.45, 2.75) is 32.6 Å². The molecule has 0 spiro atoms. The van der Waals surface area contributed by atoms with Crippen LogP contribution in [-0.2, 0) is 11.3 Å². The third-order valence-electron chi connectivity index (χ3n) is 3.11. The summed E-state index contributed by atoms with van der Waals surface area (Å²) in [4.78, 5) is 13.1. The van der Waals surface area contributed by atoms with Crippen LogP contribution < -0.4 is 0 Å². The smallest absolute Gasteiger partial charge is 0.335 e. The summed E-state index contributed by atoms with van der Waals surface area (Å²) >= 11 is 0. The summed E-state index contributed by atoms with van der Waals surface area (Å²) < 4.78 is 19.0. The highest BCUT2D eigenvalue weighted by Crippen LogP contribution is 2.16. The van der Waals surface area contributed by atoms with Crippen LogP contribution in [0.25, 0.3) is 0 Å². The van der Waals surface area contributed by atoms with Gasteiger partial charge in [0, 0.05) is 19.6 Å². The van der Waals surface area contributed by atoms with Crippen LogP contribution in [0.2, 0.25) is 0 Å². The van der Waals surface area contributed by atoms with Crippen molar-refractivity contribution < 1.29 is 19.0 Å². The van der Waals surface area contributed by atoms with Gasteiger partial charge >= 0.3 is 5.97 Å². The summed E-state index contributed by atoms with van der Waals surface area (Å²) in [6.45, 7) is 6.07. The van der Waals surface area contributed by atoms with Crippen molar-refractivity contribution in [3.63, 3.8) is 0 Å². The number of hydrogen-bond acceptors (Lipinski definition) is 3. The molecule has 1 saturated heterocycles. The largest absolute Gasteiger partial charge is 0.478 e. The normalized spacial score (nSPS) is 24.4. The molecule has 0 saturated carbocycles. The summed E-state index contributed by atoms with van der Waals surface area (Å²) in [6.07, 6.45) is 0.271. The van der Waals surface area contributed by atoms with E-state index in [0.717, 1.165) is 19.2 Å². The molecule has 1 aliphatic heterocycles. The number of carbonyl (C=O) groups is 1. The highest BCUT2D eigenvalue weighted by atomic mass is 19.1. The molecule has 1 aromatic carbocycles. The predicted molar refractivity (Wildman–Crippen MR) is 68.6 cm³/mol. The molecule has 0 radical (unpaired) electrons. The molecule has 0 aromatic heterocycles. The number of benzene rings is 1. The predicted octanol–water partition coefficient (Wildman–Crippen LogP) is 2.13. The van der Waals surface area contributed by atoms with Crippen LogP contribution in [0.15, 0.2) is 18.2 Å². The van der Waals surface area contributed by atoms with Gasteiger partial charge in [-0.2, -0.15) is 0 Å². The lowest BCUT2D eigenvalue weighted by Crippen LogP contribution is -2.44. The minimum Gasteiger partial charge on any atom is -0.478 e. The maximum atomic E-state index is 13.4. The van der Waals surface area contributed by atoms with Gasteiger partial charge < -0.3 is 9.84 Å². The van der Waals surface area contributed by atoms with E-state index in [1.54, 1.807) is 0 Å². The van der Waals surface area contributed by atoms with Crippen LogP contribution in [0.5, 0.6) is 0 Å². The van der Waals surface area contributed by atoms with Crippen molar-refractivity contribution in [1.29, 1.82) is 0 Å². The molecule has 4 nitrogen and oxygen atoms in total. The maximum Gasteiger partial charge on any atom is 0.335 e. The third kappa shape index (κ3) is 3.75. The zero-order valence-corrected chi connectivity index (χ0v) is 11.1. The van der Waals surface area contributed by atoms with E-state index in [1.807, 2.05) is 13.8 Å². The standard InChI is InChI=1S/C14H18FNO3/c1-9-6-16(7-10(2)19-9)8-11-3-12(14(17)18)5-13(15)4-11/h3-5,9-10H,6-8H2,1-2H3,(H,17,18). The molecule has 2 atom stereocenters. The molecule has 0 amide bonds. The second-order valence-corrected chi connectivity index (χ2v) is 5.10. The molecule has 1 fully saturated rings. The lowest BCUT2D eigenvalue weighted by Gasteiger charge is -2.35. The highest BCUT2D eigenvalue weighted by Gasteiger charge is 2.22. The quantitative estimate of drug-likeness (QED) is 0.911. The number of carboxylic acid groups (broad SMARTS) is 1. The minimum atomic E-state index is -1.11. The molecular weight excluding hydrogens is 249 g/mol. The number of ether oxygens (including phenoxy) is 1. The van der Waals surface area contributed by atoms with Crippen molar-refractivity contribution in [3.8, 4) is 0 Å². The van der Waals surface area contributed by atoms with E-state index in [4.69, 9.17) is 9.84 Å². The van der Waals surface area contributed by atoms with E-state index in [9.17, 15) is 9.18 Å². The summed E-state index contributed by atoms with van der Waals surface area (Å²) in [6, 6.07) is 3.95. The zero-order chi connectivity index (χ0) is 14.0. The monoisotopic (exact) mass is 267 g/mol. The number of morpholine rings is 1. The van der Waals surface area contributed by atoms with Gasteiger partial charge in [0.15, 0.2) is 0 Å². The van der Waals surface area contributed by atoms with Crippen LogP contribution in [0.1, 0.15) is 29.8 Å². The summed E-state index contributed by atoms with van der Waals surface area (Å²) in [5.74, 6) is -1.62. The first-order valence-electron chi connectivity index (χ1n) is 6.34. The van der Waals surface area contributed by atoms with Gasteiger partial charge in [-0.15, -0.1) is 0 Å². The number of nitrogens with zero attached hydrogens (tertiary/aromatic N) is 1. The zero-order valence-electron chi connectivity index (χ0n) is 11.1. The van der Waals surface area contributed by atoms with Crippen LogP contribution in [0.3, 0.4) is 0 Å². The highest BCUT2D eigenvalue weighted by molar-refractivity contribution is 5.87. The van der Waals surface area contributed by atoms with Crippen molar-refractivity contribution in [2.24, 2.45) is 0 Å². The van der Waals surface area contributed by atoms with Gasteiger partial charge in [0.25, 0.3) is 0 Å². The Morgan fingerprint density at radius 2 is 2.00 bits per heavy atom. The molecular formula is C14H18FNO3. The Labute approximate surface area is 111 Å². The van der Waals surface area contributed by atoms with Crippen LogP contribution in [-0.4, -0.2) is 41.3 Å². The molecule has 2 rings (SSSR count). The van der Waals surface area contributed by atoms with Gasteiger partial charge in [0.1, 0.15) is 5.82 Å². The molecule has 2 unspecified atom stereocenters. The Kier molecular flexibility index (Phi) is 4.17. The third-order valence-corrected chi connectivity index (χ3v) is 3.11. The SMILES string of the molecule is CC1CN(Cc2cc(F)cc(C(=O)O)c2)CC(C)O1. The molecule has 104 valence electrons. The van der Waals surface area contributed by atoms with Crippen molar-refractivity contribution in [2.75, 3.05) is 13.1 Å². The first-order valence-corrected chi connectivity index (χ1v) is 6.34. The molecule has 1 heterocycles. The van der Waals surface area contributed by atoms with Crippen molar-refractivity contribution >= 4 is 5.97 Å². The van der Waals surface area contributed by atoms with Crippen LogP contribution in [0, 0.1) is 5.82 Å². The Bertz CT molecular complexity index is 468. The summed E-state index contributed by atoms with van der Waals surface area (Å²) in [7, 11) is 0. The van der Waals surface area contributed by atoms with E-state index in [2.05, 4.69) is 4.90 Å². The van der Waals surface area contributed by atoms with Crippen molar-refractivity contribution in [1.82, 2.24) is 4.90 Å². The number of hydrogen-bond donors (Lipinski definition) is 1. The van der Waals surface area contributed by atoms with E-state index in [0.29, 0.717) is 12.1 Å². The van der Waals surface area contributed by atoms with Crippen LogP contribution >= 0.6 is 0 Å².